The molecule has 12 heteroatoms. The molecular formula is C23H32ClN5O5Si. The first kappa shape index (κ1) is 27.0. The molecule has 0 aromatic carbocycles. The predicted octanol–water partition coefficient (Wildman–Crippen LogP) is 4.21. The van der Waals surface area contributed by atoms with Gasteiger partial charge in [-0.15, -0.1) is 0 Å². The Morgan fingerprint density at radius 2 is 1.94 bits per heavy atom. The number of halogens is 1. The van der Waals surface area contributed by atoms with Gasteiger partial charge in [0.2, 0.25) is 12.0 Å². The summed E-state index contributed by atoms with van der Waals surface area (Å²) in [6.07, 6.45) is 3.15. The number of nitrogens with zero attached hydrogens (tertiary/aromatic N) is 5. The highest BCUT2D eigenvalue weighted by Crippen LogP contribution is 2.36. The summed E-state index contributed by atoms with van der Waals surface area (Å²) in [5.41, 5.74) is 0.427. The number of fused-ring (bicyclic) bond motifs is 1. The number of carbonyl (C=O) groups excluding carboxylic acids is 1. The molecule has 0 spiro atoms. The van der Waals surface area contributed by atoms with E-state index in [-0.39, 0.29) is 23.6 Å². The van der Waals surface area contributed by atoms with Crippen LogP contribution in [0, 0.1) is 0 Å². The van der Waals surface area contributed by atoms with Crippen LogP contribution in [0.4, 0.5) is 0 Å². The van der Waals surface area contributed by atoms with Gasteiger partial charge in [0.05, 0.1) is 37.6 Å². The predicted molar refractivity (Wildman–Crippen MR) is 134 cm³/mol. The molecule has 2 atom stereocenters. The van der Waals surface area contributed by atoms with Crippen LogP contribution < -0.4 is 4.74 Å². The summed E-state index contributed by atoms with van der Waals surface area (Å²) in [6, 6.07) is 3.43. The van der Waals surface area contributed by atoms with Crippen LogP contribution in [0.25, 0.3) is 16.9 Å². The van der Waals surface area contributed by atoms with Crippen molar-refractivity contribution < 1.29 is 23.4 Å². The third-order valence-electron chi connectivity index (χ3n) is 6.00. The molecule has 0 saturated carbocycles. The van der Waals surface area contributed by atoms with Gasteiger partial charge in [0.15, 0.2) is 19.8 Å². The van der Waals surface area contributed by atoms with Gasteiger partial charge in [0, 0.05) is 6.20 Å². The molecule has 3 aromatic rings. The molecule has 0 bridgehead atoms. The Hall–Kier alpha value is -2.60. The van der Waals surface area contributed by atoms with Crippen molar-refractivity contribution in [2.45, 2.75) is 58.0 Å². The number of methoxy groups -OCH3 is 1. The first-order valence-electron chi connectivity index (χ1n) is 11.2. The zero-order valence-electron chi connectivity index (χ0n) is 21.1. The zero-order chi connectivity index (χ0) is 25.8. The van der Waals surface area contributed by atoms with E-state index in [1.54, 1.807) is 18.3 Å². The quantitative estimate of drug-likeness (QED) is 0.286. The monoisotopic (exact) mass is 521 g/mol. The fourth-order valence-electron chi connectivity index (χ4n) is 2.86. The van der Waals surface area contributed by atoms with Crippen molar-refractivity contribution >= 4 is 36.9 Å². The van der Waals surface area contributed by atoms with E-state index in [1.165, 1.54) is 24.3 Å². The number of esters is 1. The number of ether oxygens (including phenoxy) is 3. The molecule has 0 N–H and O–H groups in total. The number of carbonyl (C=O) groups is 1. The molecular weight excluding hydrogens is 490 g/mol. The van der Waals surface area contributed by atoms with Gasteiger partial charge in [-0.25, -0.2) is 19.7 Å². The number of hydrogen-bond acceptors (Lipinski definition) is 9. The largest absolute Gasteiger partial charge is 0.466 e. The maximum atomic E-state index is 12.4. The summed E-state index contributed by atoms with van der Waals surface area (Å²) in [5, 5.41) is 5.31. The van der Waals surface area contributed by atoms with E-state index in [0.717, 1.165) is 0 Å². The van der Waals surface area contributed by atoms with Crippen LogP contribution in [0.5, 0.6) is 5.88 Å². The van der Waals surface area contributed by atoms with Crippen molar-refractivity contribution in [3.8, 4) is 11.7 Å². The van der Waals surface area contributed by atoms with Gasteiger partial charge in [0.1, 0.15) is 11.7 Å². The van der Waals surface area contributed by atoms with Crippen molar-refractivity contribution in [1.29, 1.82) is 0 Å². The second-order valence-corrected chi connectivity index (χ2v) is 14.8. The highest BCUT2D eigenvalue weighted by molar-refractivity contribution is 6.74. The molecule has 1 unspecified atom stereocenters. The summed E-state index contributed by atoms with van der Waals surface area (Å²) in [4.78, 5) is 25.2. The van der Waals surface area contributed by atoms with Crippen LogP contribution in [-0.4, -0.2) is 71.6 Å². The lowest BCUT2D eigenvalue weighted by Gasteiger charge is -2.37. The van der Waals surface area contributed by atoms with Crippen molar-refractivity contribution in [3.05, 3.63) is 35.9 Å². The van der Waals surface area contributed by atoms with Gasteiger partial charge >= 0.3 is 5.97 Å². The summed E-state index contributed by atoms with van der Waals surface area (Å²) < 4.78 is 24.4. The second-order valence-electron chi connectivity index (χ2n) is 9.63. The normalized spacial score (nSPS) is 14.1. The lowest BCUT2D eigenvalue weighted by atomic mass is 10.2. The number of hydrogen-bond donors (Lipinski definition) is 0. The Morgan fingerprint density at radius 1 is 1.20 bits per heavy atom. The van der Waals surface area contributed by atoms with Gasteiger partial charge in [0.25, 0.3) is 0 Å². The lowest BCUT2D eigenvalue weighted by molar-refractivity contribution is -0.153. The summed E-state index contributed by atoms with van der Waals surface area (Å²) in [6.45, 7) is 13.2. The highest BCUT2D eigenvalue weighted by Gasteiger charge is 2.37. The summed E-state index contributed by atoms with van der Waals surface area (Å²) in [7, 11) is -0.626. The Balaban J connectivity index is 1.74. The molecule has 3 aromatic heterocycles. The number of pyridine rings is 1. The van der Waals surface area contributed by atoms with Crippen molar-refractivity contribution in [1.82, 2.24) is 24.7 Å². The molecule has 0 aliphatic carbocycles. The van der Waals surface area contributed by atoms with E-state index < -0.39 is 20.4 Å². The van der Waals surface area contributed by atoms with E-state index in [0.29, 0.717) is 28.5 Å². The standard InChI is InChI=1S/C23H32ClN5O5Si/c1-15(12-33-35(6,7)23(2,3)4)32-13-18(22(30)31-5)34-21-16-11-28-29(19(16)26-14-27-21)20-17(24)9-8-10-25-20/h8-11,14-15,18H,12-13H2,1-7H3/t15-,18?/m0/s1. The SMILES string of the molecule is COC(=O)C(CO[C@@H](C)CO[Si](C)(C)C(C)(C)C)Oc1ncnc2c1cnn2-c1ncccc1Cl. The average Bonchev–Trinajstić information content (AvgIpc) is 3.24. The molecule has 0 aliphatic heterocycles. The topological polar surface area (TPSA) is 110 Å². The number of aromatic nitrogens is 5. The smallest absolute Gasteiger partial charge is 0.349 e. The Morgan fingerprint density at radius 3 is 2.60 bits per heavy atom. The first-order valence-corrected chi connectivity index (χ1v) is 14.5. The fraction of sp³-hybridized carbons (Fsp3) is 0.522. The first-order chi connectivity index (χ1) is 16.4. The molecule has 10 nitrogen and oxygen atoms in total. The molecule has 0 aliphatic rings. The van der Waals surface area contributed by atoms with E-state index in [2.05, 4.69) is 53.9 Å². The van der Waals surface area contributed by atoms with Crippen molar-refractivity contribution in [2.24, 2.45) is 0 Å². The average molecular weight is 522 g/mol. The van der Waals surface area contributed by atoms with Gasteiger partial charge in [-0.1, -0.05) is 32.4 Å². The minimum Gasteiger partial charge on any atom is -0.466 e. The van der Waals surface area contributed by atoms with Crippen LogP contribution in [0.3, 0.4) is 0 Å². The van der Waals surface area contributed by atoms with Crippen LogP contribution in [0.2, 0.25) is 23.2 Å². The Kier molecular flexibility index (Phi) is 8.47. The summed E-state index contributed by atoms with van der Waals surface area (Å²) >= 11 is 6.27. The van der Waals surface area contributed by atoms with Crippen LogP contribution >= 0.6 is 11.6 Å². The zero-order valence-corrected chi connectivity index (χ0v) is 22.9. The van der Waals surface area contributed by atoms with Gasteiger partial charge in [-0.3, -0.25) is 0 Å². The van der Waals surface area contributed by atoms with E-state index in [4.69, 9.17) is 30.2 Å². The van der Waals surface area contributed by atoms with E-state index >= 15 is 0 Å². The Bertz CT molecular complexity index is 1170. The van der Waals surface area contributed by atoms with Crippen molar-refractivity contribution in [2.75, 3.05) is 20.3 Å². The maximum Gasteiger partial charge on any atom is 0.349 e. The highest BCUT2D eigenvalue weighted by atomic mass is 35.5. The lowest BCUT2D eigenvalue weighted by Crippen LogP contribution is -2.43. The third-order valence-corrected chi connectivity index (χ3v) is 10.8. The second kappa shape index (κ2) is 11.0. The minimum absolute atomic E-state index is 0.0413. The molecule has 0 fully saturated rings. The van der Waals surface area contributed by atoms with E-state index in [1.807, 2.05) is 6.92 Å². The molecule has 3 rings (SSSR count). The van der Waals surface area contributed by atoms with Crippen LogP contribution in [0.1, 0.15) is 27.7 Å². The van der Waals surface area contributed by atoms with E-state index in [9.17, 15) is 4.79 Å². The third kappa shape index (κ3) is 6.34. The minimum atomic E-state index is -1.92. The van der Waals surface area contributed by atoms with Crippen LogP contribution in [0.15, 0.2) is 30.9 Å². The molecule has 3 heterocycles. The number of rotatable bonds is 10. The molecule has 35 heavy (non-hydrogen) atoms. The van der Waals surface area contributed by atoms with Crippen LogP contribution in [-0.2, 0) is 18.7 Å². The molecule has 0 saturated heterocycles. The van der Waals surface area contributed by atoms with Crippen molar-refractivity contribution in [3.63, 3.8) is 0 Å². The molecule has 190 valence electrons. The maximum absolute atomic E-state index is 12.4. The fourth-order valence-corrected chi connectivity index (χ4v) is 4.15. The van der Waals surface area contributed by atoms with Gasteiger partial charge in [-0.05, 0) is 37.2 Å². The van der Waals surface area contributed by atoms with Gasteiger partial charge < -0.3 is 18.6 Å². The molecule has 0 amide bonds. The Labute approximate surface area is 211 Å². The van der Waals surface area contributed by atoms with Gasteiger partial charge in [-0.2, -0.15) is 9.78 Å². The molecule has 0 radical (unpaired) electrons. The summed E-state index contributed by atoms with van der Waals surface area (Å²) in [5.74, 6) is -0.0101.